The molecule has 134 valence electrons. The van der Waals surface area contributed by atoms with Crippen LogP contribution in [-0.4, -0.2) is 5.91 Å². The molecule has 1 unspecified atom stereocenters. The summed E-state index contributed by atoms with van der Waals surface area (Å²) < 4.78 is 0. The fourth-order valence-corrected chi connectivity index (χ4v) is 2.64. The van der Waals surface area contributed by atoms with Gasteiger partial charge in [0, 0.05) is 17.6 Å². The molecular weight excluding hydrogens is 348 g/mol. The first-order chi connectivity index (χ1) is 12.5. The Labute approximate surface area is 158 Å². The predicted octanol–water partition coefficient (Wildman–Crippen LogP) is 4.89. The Balaban J connectivity index is 2.18. The van der Waals surface area contributed by atoms with E-state index < -0.39 is 5.91 Å². The van der Waals surface area contributed by atoms with Gasteiger partial charge in [-0.3, -0.25) is 4.79 Å². The molecule has 6 heteroatoms. The number of anilines is 3. The van der Waals surface area contributed by atoms with E-state index in [1.54, 1.807) is 12.1 Å². The van der Waals surface area contributed by atoms with Crippen molar-refractivity contribution in [2.75, 3.05) is 16.4 Å². The lowest BCUT2D eigenvalue weighted by atomic mass is 9.97. The average molecular weight is 369 g/mol. The van der Waals surface area contributed by atoms with Crippen LogP contribution in [-0.2, 0) is 4.79 Å². The molecule has 2 rings (SSSR count). The summed E-state index contributed by atoms with van der Waals surface area (Å²) in [5, 5.41) is 15.3. The van der Waals surface area contributed by atoms with Crippen LogP contribution >= 0.6 is 11.6 Å². The largest absolute Gasteiger partial charge is 0.399 e. The summed E-state index contributed by atoms with van der Waals surface area (Å²) in [7, 11) is 0. The smallest absolute Gasteiger partial charge is 0.267 e. The third-order valence-corrected chi connectivity index (χ3v) is 4.40. The zero-order valence-electron chi connectivity index (χ0n) is 14.7. The number of halogens is 1. The van der Waals surface area contributed by atoms with E-state index in [9.17, 15) is 10.1 Å². The molecule has 26 heavy (non-hydrogen) atoms. The van der Waals surface area contributed by atoms with Crippen molar-refractivity contribution >= 4 is 34.6 Å². The Hall–Kier alpha value is -2.97. The van der Waals surface area contributed by atoms with Crippen LogP contribution < -0.4 is 16.4 Å². The molecule has 0 aromatic heterocycles. The van der Waals surface area contributed by atoms with Gasteiger partial charge in [-0.15, -0.1) is 0 Å². The summed E-state index contributed by atoms with van der Waals surface area (Å²) >= 11 is 6.05. The zero-order chi connectivity index (χ0) is 19.1. The van der Waals surface area contributed by atoms with E-state index in [1.165, 1.54) is 12.3 Å². The maximum absolute atomic E-state index is 12.3. The van der Waals surface area contributed by atoms with E-state index >= 15 is 0 Å². The zero-order valence-corrected chi connectivity index (χ0v) is 15.5. The molecule has 0 saturated carbocycles. The topological polar surface area (TPSA) is 90.9 Å². The van der Waals surface area contributed by atoms with Crippen molar-refractivity contribution in [3.05, 3.63) is 64.8 Å². The Kier molecular flexibility index (Phi) is 6.65. The molecule has 0 bridgehead atoms. The van der Waals surface area contributed by atoms with Crippen molar-refractivity contribution in [1.29, 1.82) is 5.26 Å². The number of para-hydroxylation sites is 1. The molecule has 0 aliphatic carbocycles. The number of nitrogens with zero attached hydrogens (tertiary/aromatic N) is 1. The van der Waals surface area contributed by atoms with Crippen molar-refractivity contribution in [2.45, 2.75) is 26.2 Å². The fourth-order valence-electron chi connectivity index (χ4n) is 2.40. The molecule has 0 aliphatic heterocycles. The van der Waals surface area contributed by atoms with Crippen molar-refractivity contribution < 1.29 is 4.79 Å². The van der Waals surface area contributed by atoms with Gasteiger partial charge in [-0.05, 0) is 42.2 Å². The number of nitrogens with two attached hydrogens (primary N) is 1. The van der Waals surface area contributed by atoms with Gasteiger partial charge in [0.25, 0.3) is 5.91 Å². The van der Waals surface area contributed by atoms with Gasteiger partial charge in [0.2, 0.25) is 0 Å². The maximum Gasteiger partial charge on any atom is 0.267 e. The van der Waals surface area contributed by atoms with Crippen LogP contribution in [0.4, 0.5) is 17.1 Å². The molecule has 0 aliphatic rings. The standard InChI is InChI=1S/C20H21ClN4O/c1-3-13(2)16-6-4-5-7-18(16)24-12-14(11-22)20(26)25-19-9-8-15(23)10-17(19)21/h4-10,12-13,24H,3,23H2,1-2H3,(H,25,26)/b14-12-. The molecule has 0 radical (unpaired) electrons. The monoisotopic (exact) mass is 368 g/mol. The first kappa shape index (κ1) is 19.4. The van der Waals surface area contributed by atoms with Crippen LogP contribution in [0.2, 0.25) is 5.02 Å². The second kappa shape index (κ2) is 8.93. The minimum absolute atomic E-state index is 0.0585. The van der Waals surface area contributed by atoms with Gasteiger partial charge >= 0.3 is 0 Å². The lowest BCUT2D eigenvalue weighted by Crippen LogP contribution is -2.15. The van der Waals surface area contributed by atoms with Crippen molar-refractivity contribution in [1.82, 2.24) is 0 Å². The molecule has 0 saturated heterocycles. The number of nitrogen functional groups attached to an aromatic ring is 1. The van der Waals surface area contributed by atoms with Crippen LogP contribution in [0.25, 0.3) is 0 Å². The molecule has 2 aromatic carbocycles. The van der Waals surface area contributed by atoms with Gasteiger partial charge < -0.3 is 16.4 Å². The number of nitriles is 1. The molecule has 2 aromatic rings. The highest BCUT2D eigenvalue weighted by Gasteiger charge is 2.13. The minimum atomic E-state index is -0.548. The van der Waals surface area contributed by atoms with E-state index in [-0.39, 0.29) is 5.57 Å². The van der Waals surface area contributed by atoms with Gasteiger partial charge in [0.1, 0.15) is 11.6 Å². The molecule has 0 heterocycles. The number of amides is 1. The second-order valence-electron chi connectivity index (χ2n) is 5.90. The summed E-state index contributed by atoms with van der Waals surface area (Å²) in [6.07, 6.45) is 2.39. The fraction of sp³-hybridized carbons (Fsp3) is 0.200. The van der Waals surface area contributed by atoms with E-state index in [1.807, 2.05) is 30.3 Å². The molecule has 4 N–H and O–H groups in total. The van der Waals surface area contributed by atoms with E-state index in [0.717, 1.165) is 17.7 Å². The highest BCUT2D eigenvalue weighted by molar-refractivity contribution is 6.34. The molecule has 0 spiro atoms. The summed E-state index contributed by atoms with van der Waals surface area (Å²) in [6.45, 7) is 4.24. The van der Waals surface area contributed by atoms with Gasteiger partial charge in [0.15, 0.2) is 0 Å². The maximum atomic E-state index is 12.3. The molecular formula is C20H21ClN4O. The third kappa shape index (κ3) is 4.78. The first-order valence-electron chi connectivity index (χ1n) is 8.28. The highest BCUT2D eigenvalue weighted by Crippen LogP contribution is 2.27. The average Bonchev–Trinajstić information content (AvgIpc) is 2.64. The number of carbonyl (C=O) groups excluding carboxylic acids is 1. The third-order valence-electron chi connectivity index (χ3n) is 4.08. The Bertz CT molecular complexity index is 870. The minimum Gasteiger partial charge on any atom is -0.399 e. The summed E-state index contributed by atoms with van der Waals surface area (Å²) in [5.74, 6) is -0.187. The van der Waals surface area contributed by atoms with E-state index in [0.29, 0.717) is 22.3 Å². The number of nitrogens with one attached hydrogen (secondary N) is 2. The van der Waals surface area contributed by atoms with Crippen molar-refractivity contribution in [3.63, 3.8) is 0 Å². The lowest BCUT2D eigenvalue weighted by Gasteiger charge is -2.14. The van der Waals surface area contributed by atoms with Crippen molar-refractivity contribution in [2.24, 2.45) is 0 Å². The molecule has 5 nitrogen and oxygen atoms in total. The highest BCUT2D eigenvalue weighted by atomic mass is 35.5. The van der Waals surface area contributed by atoms with E-state index in [2.05, 4.69) is 24.5 Å². The van der Waals surface area contributed by atoms with Gasteiger partial charge in [-0.1, -0.05) is 43.6 Å². The first-order valence-corrected chi connectivity index (χ1v) is 8.66. The molecule has 1 amide bonds. The summed E-state index contributed by atoms with van der Waals surface area (Å²) in [4.78, 5) is 12.3. The van der Waals surface area contributed by atoms with Crippen LogP contribution in [0.15, 0.2) is 54.2 Å². The Morgan fingerprint density at radius 1 is 1.31 bits per heavy atom. The number of carbonyl (C=O) groups is 1. The van der Waals surface area contributed by atoms with Crippen LogP contribution in [0.5, 0.6) is 0 Å². The SMILES string of the molecule is CCC(C)c1ccccc1N/C=C(/C#N)C(=O)Nc1ccc(N)cc1Cl. The normalized spacial score (nSPS) is 12.2. The van der Waals surface area contributed by atoms with Crippen LogP contribution in [0.3, 0.4) is 0 Å². The lowest BCUT2D eigenvalue weighted by molar-refractivity contribution is -0.112. The molecule has 1 atom stereocenters. The van der Waals surface area contributed by atoms with Crippen LogP contribution in [0.1, 0.15) is 31.7 Å². The second-order valence-corrected chi connectivity index (χ2v) is 6.31. The van der Waals surface area contributed by atoms with Gasteiger partial charge in [0.05, 0.1) is 10.7 Å². The van der Waals surface area contributed by atoms with E-state index in [4.69, 9.17) is 17.3 Å². The predicted molar refractivity (Wildman–Crippen MR) is 107 cm³/mol. The molecule has 0 fully saturated rings. The number of rotatable bonds is 6. The number of benzene rings is 2. The van der Waals surface area contributed by atoms with Crippen molar-refractivity contribution in [3.8, 4) is 6.07 Å². The van der Waals surface area contributed by atoms with Gasteiger partial charge in [-0.25, -0.2) is 0 Å². The summed E-state index contributed by atoms with van der Waals surface area (Å²) in [6, 6.07) is 14.5. The Morgan fingerprint density at radius 3 is 2.69 bits per heavy atom. The Morgan fingerprint density at radius 2 is 2.04 bits per heavy atom. The number of hydrogen-bond acceptors (Lipinski definition) is 4. The summed E-state index contributed by atoms with van der Waals surface area (Å²) in [5.41, 5.74) is 8.46. The van der Waals surface area contributed by atoms with Crippen LogP contribution in [0, 0.1) is 11.3 Å². The number of hydrogen-bond donors (Lipinski definition) is 3. The quantitative estimate of drug-likeness (QED) is 0.384. The van der Waals surface area contributed by atoms with Gasteiger partial charge in [-0.2, -0.15) is 5.26 Å².